The molecule has 13 heteroatoms. The van der Waals surface area contributed by atoms with Crippen LogP contribution in [0.25, 0.3) is 0 Å². The van der Waals surface area contributed by atoms with Gasteiger partial charge in [0.2, 0.25) is 10.0 Å². The molecule has 34 heavy (non-hydrogen) atoms. The summed E-state index contributed by atoms with van der Waals surface area (Å²) >= 11 is 0. The maximum atomic E-state index is 11.8. The van der Waals surface area contributed by atoms with Gasteiger partial charge in [0.25, 0.3) is 5.91 Å². The molecule has 0 aliphatic carbocycles. The first-order chi connectivity index (χ1) is 14.9. The second-order valence-electron chi connectivity index (χ2n) is 6.68. The van der Waals surface area contributed by atoms with Crippen molar-refractivity contribution in [2.24, 2.45) is 0 Å². The Morgan fingerprint density at radius 2 is 1.56 bits per heavy atom. The number of Topliss-reactive ketones (excluding diaryl/α,β-unsaturated/α-hetero) is 1. The van der Waals surface area contributed by atoms with E-state index in [4.69, 9.17) is 19.7 Å². The summed E-state index contributed by atoms with van der Waals surface area (Å²) in [4.78, 5) is 31.8. The molecule has 0 radical (unpaired) electrons. The van der Waals surface area contributed by atoms with E-state index in [0.717, 1.165) is 18.2 Å². The SMILES string of the molecule is CCCc1c(OCc2ccc(C(=O)NS(C)(=O)=O)cc2)ccc(C(C)=O)c1O.O=C([O-])[O-].[K+].[K+]. The summed E-state index contributed by atoms with van der Waals surface area (Å²) in [7, 11) is -3.62. The Balaban J connectivity index is 0. The van der Waals surface area contributed by atoms with E-state index < -0.39 is 22.1 Å². The largest absolute Gasteiger partial charge is 1.00 e. The molecule has 0 bridgehead atoms. The quantitative estimate of drug-likeness (QED) is 0.243. The van der Waals surface area contributed by atoms with E-state index in [-0.39, 0.29) is 132 Å². The van der Waals surface area contributed by atoms with E-state index in [1.807, 2.05) is 11.6 Å². The number of rotatable bonds is 8. The van der Waals surface area contributed by atoms with Gasteiger partial charge in [-0.2, -0.15) is 0 Å². The van der Waals surface area contributed by atoms with Gasteiger partial charge >= 0.3 is 103 Å². The fourth-order valence-corrected chi connectivity index (χ4v) is 3.12. The Bertz CT molecular complexity index is 1080. The van der Waals surface area contributed by atoms with Gasteiger partial charge < -0.3 is 24.9 Å². The molecule has 0 unspecified atom stereocenters. The number of hydrogen-bond donors (Lipinski definition) is 2. The van der Waals surface area contributed by atoms with Crippen LogP contribution in [-0.4, -0.2) is 37.6 Å². The minimum absolute atomic E-state index is 0. The molecule has 2 aromatic carbocycles. The van der Waals surface area contributed by atoms with E-state index in [9.17, 15) is 23.1 Å². The maximum absolute atomic E-state index is 11.8. The van der Waals surface area contributed by atoms with Gasteiger partial charge in [0.1, 0.15) is 18.1 Å². The van der Waals surface area contributed by atoms with Crippen LogP contribution in [0.4, 0.5) is 4.79 Å². The summed E-state index contributed by atoms with van der Waals surface area (Å²) in [5.41, 5.74) is 1.81. The average molecular weight is 544 g/mol. The van der Waals surface area contributed by atoms with Crippen molar-refractivity contribution in [1.82, 2.24) is 4.72 Å². The van der Waals surface area contributed by atoms with Crippen molar-refractivity contribution >= 4 is 27.9 Å². The number of amides is 1. The third-order valence-electron chi connectivity index (χ3n) is 4.01. The number of ether oxygens (including phenoxy) is 1. The zero-order valence-corrected chi connectivity index (χ0v) is 26.8. The van der Waals surface area contributed by atoms with Crippen molar-refractivity contribution in [2.45, 2.75) is 33.3 Å². The summed E-state index contributed by atoms with van der Waals surface area (Å²) < 4.78 is 30.0. The molecule has 2 N–H and O–H groups in total. The Hall–Kier alpha value is -0.327. The zero-order valence-electron chi connectivity index (χ0n) is 19.7. The van der Waals surface area contributed by atoms with Crippen LogP contribution in [0.1, 0.15) is 52.1 Å². The monoisotopic (exact) mass is 543 g/mol. The Morgan fingerprint density at radius 3 is 2.00 bits per heavy atom. The first-order valence-electron chi connectivity index (χ1n) is 9.33. The normalized spacial score (nSPS) is 9.85. The van der Waals surface area contributed by atoms with E-state index in [1.165, 1.54) is 25.1 Å². The standard InChI is InChI=1S/C20H23NO6S.CH2O3.2K/c1-4-5-17-18(11-10-16(13(2)22)19(17)23)27-12-14-6-8-15(9-7-14)20(24)21-28(3,25)26;2-1(3)4;;/h6-11,23H,4-5,12H2,1-3H3,(H,21,24);(H2,2,3,4);;/q;;2*+1/p-2. The molecule has 0 saturated heterocycles. The Labute approximate surface area is 283 Å². The van der Waals surface area contributed by atoms with Gasteiger partial charge in [-0.1, -0.05) is 25.5 Å². The molecule has 0 aliphatic rings. The number of hydrogen-bond acceptors (Lipinski definition) is 9. The van der Waals surface area contributed by atoms with Crippen LogP contribution in [0.15, 0.2) is 36.4 Å². The van der Waals surface area contributed by atoms with E-state index >= 15 is 0 Å². The first kappa shape index (κ1) is 35.8. The second-order valence-corrected chi connectivity index (χ2v) is 8.43. The number of carboxylic acid groups (broad SMARTS) is 2. The molecule has 0 saturated carbocycles. The number of ketones is 1. The molecule has 2 aromatic rings. The van der Waals surface area contributed by atoms with Crippen molar-refractivity contribution in [3.8, 4) is 11.5 Å². The number of phenols is 1. The molecule has 10 nitrogen and oxygen atoms in total. The van der Waals surface area contributed by atoms with Gasteiger partial charge in [-0.15, -0.1) is 0 Å². The van der Waals surface area contributed by atoms with Gasteiger partial charge in [-0.3, -0.25) is 9.59 Å². The van der Waals surface area contributed by atoms with Crippen LogP contribution in [-0.2, 0) is 23.1 Å². The van der Waals surface area contributed by atoms with Crippen LogP contribution < -0.4 is 122 Å². The Kier molecular flexibility index (Phi) is 18.1. The molecule has 0 atom stereocenters. The van der Waals surface area contributed by atoms with Gasteiger partial charge in [-0.05, 0) is 49.3 Å². The number of carbonyl (C=O) groups is 3. The maximum Gasteiger partial charge on any atom is 1.00 e. The van der Waals surface area contributed by atoms with Gasteiger partial charge in [-0.25, -0.2) is 13.1 Å². The van der Waals surface area contributed by atoms with Crippen molar-refractivity contribution in [3.05, 3.63) is 58.7 Å². The van der Waals surface area contributed by atoms with Crippen molar-refractivity contribution in [1.29, 1.82) is 0 Å². The van der Waals surface area contributed by atoms with E-state index in [1.54, 1.807) is 18.2 Å². The third kappa shape index (κ3) is 13.1. The van der Waals surface area contributed by atoms with Gasteiger partial charge in [0, 0.05) is 11.1 Å². The van der Waals surface area contributed by atoms with Crippen LogP contribution in [0.2, 0.25) is 0 Å². The van der Waals surface area contributed by atoms with E-state index in [2.05, 4.69) is 0 Å². The molecular formula is C21H23K2NO9S. The second kappa shape index (κ2) is 17.2. The van der Waals surface area contributed by atoms with Crippen LogP contribution in [0.5, 0.6) is 11.5 Å². The summed E-state index contributed by atoms with van der Waals surface area (Å²) in [6.45, 7) is 3.54. The van der Waals surface area contributed by atoms with Crippen molar-refractivity contribution in [2.75, 3.05) is 6.26 Å². The predicted molar refractivity (Wildman–Crippen MR) is 111 cm³/mol. The van der Waals surface area contributed by atoms with Crippen molar-refractivity contribution < 1.29 is 146 Å². The minimum Gasteiger partial charge on any atom is -0.652 e. The fraction of sp³-hybridized carbons (Fsp3) is 0.286. The van der Waals surface area contributed by atoms with Gasteiger partial charge in [0.15, 0.2) is 5.78 Å². The Morgan fingerprint density at radius 1 is 1.03 bits per heavy atom. The predicted octanol–water partition coefficient (Wildman–Crippen LogP) is -5.62. The summed E-state index contributed by atoms with van der Waals surface area (Å²) in [5.74, 6) is -0.489. The molecule has 0 fully saturated rings. The van der Waals surface area contributed by atoms with Crippen LogP contribution in [0, 0.1) is 0 Å². The zero-order chi connectivity index (χ0) is 24.5. The fourth-order valence-electron chi connectivity index (χ4n) is 2.67. The number of phenolic OH excluding ortho intramolecular Hbond substituents is 1. The number of sulfonamides is 1. The van der Waals surface area contributed by atoms with E-state index in [0.29, 0.717) is 17.7 Å². The smallest absolute Gasteiger partial charge is 0.652 e. The number of nitrogens with one attached hydrogen (secondary N) is 1. The number of benzene rings is 2. The number of aromatic hydroxyl groups is 1. The average Bonchev–Trinajstić information content (AvgIpc) is 2.67. The molecule has 0 aliphatic heterocycles. The summed E-state index contributed by atoms with van der Waals surface area (Å²) in [6.07, 6.45) is -0.0872. The summed E-state index contributed by atoms with van der Waals surface area (Å²) in [5, 5.41) is 27.0. The molecule has 1 amide bonds. The first-order valence-corrected chi connectivity index (χ1v) is 11.2. The molecule has 0 heterocycles. The number of carbonyl (C=O) groups excluding carboxylic acids is 3. The molecule has 174 valence electrons. The molecule has 2 rings (SSSR count). The topological polar surface area (TPSA) is 173 Å². The van der Waals surface area contributed by atoms with Gasteiger partial charge in [0.05, 0.1) is 11.8 Å². The van der Waals surface area contributed by atoms with Crippen LogP contribution in [0.3, 0.4) is 0 Å². The van der Waals surface area contributed by atoms with Crippen LogP contribution >= 0.6 is 0 Å². The third-order valence-corrected chi connectivity index (χ3v) is 4.56. The summed E-state index contributed by atoms with van der Waals surface area (Å²) in [6, 6.07) is 9.51. The minimum atomic E-state index is -3.62. The van der Waals surface area contributed by atoms with Crippen molar-refractivity contribution in [3.63, 3.8) is 0 Å². The molecular weight excluding hydrogens is 520 g/mol. The molecule has 0 spiro atoms. The molecule has 0 aromatic heterocycles.